The molecule has 0 saturated carbocycles. The minimum Gasteiger partial charge on any atom is -0.0763 e. The highest BCUT2D eigenvalue weighted by atomic mass is 14.3. The molecule has 0 heteroatoms. The summed E-state index contributed by atoms with van der Waals surface area (Å²) >= 11 is 0. The molecule has 0 saturated heterocycles. The number of rotatable bonds is 5. The average Bonchev–Trinajstić information content (AvgIpc) is 3.13. The number of aryl methyl sites for hydroxylation is 4. The van der Waals surface area contributed by atoms with E-state index in [9.17, 15) is 0 Å². The van der Waals surface area contributed by atoms with Crippen LogP contribution in [0.25, 0.3) is 57.2 Å². The minimum absolute atomic E-state index is 0.245. The van der Waals surface area contributed by atoms with Crippen LogP contribution in [0.4, 0.5) is 0 Å². The van der Waals surface area contributed by atoms with Gasteiger partial charge in [-0.05, 0) is 183 Å². The predicted molar refractivity (Wildman–Crippen MR) is 224 cm³/mol. The molecule has 0 aromatic heterocycles. The van der Waals surface area contributed by atoms with Crippen LogP contribution < -0.4 is 20.9 Å². The van der Waals surface area contributed by atoms with Gasteiger partial charge in [-0.2, -0.15) is 0 Å². The highest BCUT2D eigenvalue weighted by molar-refractivity contribution is 5.86. The summed E-state index contributed by atoms with van der Waals surface area (Å²) < 4.78 is 0. The maximum Gasteiger partial charge on any atom is 0.00965 e. The van der Waals surface area contributed by atoms with Crippen LogP contribution in [-0.4, -0.2) is 0 Å². The Morgan fingerprint density at radius 3 is 1.69 bits per heavy atom. The number of hydrogen-bond acceptors (Lipinski definition) is 0. The fourth-order valence-corrected chi connectivity index (χ4v) is 9.64. The summed E-state index contributed by atoms with van der Waals surface area (Å²) in [6, 6.07) is 38.9. The Labute approximate surface area is 310 Å². The highest BCUT2D eigenvalue weighted by Gasteiger charge is 2.30. The van der Waals surface area contributed by atoms with Crippen LogP contribution in [0, 0.1) is 54.4 Å². The Bertz CT molecular complexity index is 2620. The first kappa shape index (κ1) is 33.9. The van der Waals surface area contributed by atoms with Crippen LogP contribution in [-0.2, 0) is 0 Å². The lowest BCUT2D eigenvalue weighted by Crippen LogP contribution is -2.40. The van der Waals surface area contributed by atoms with E-state index in [1.165, 1.54) is 110 Å². The molecule has 0 aliphatic heterocycles. The smallest absolute Gasteiger partial charge is 0.00965 e. The van der Waals surface area contributed by atoms with Gasteiger partial charge in [0.1, 0.15) is 0 Å². The molecule has 0 N–H and O–H groups in total. The Balaban J connectivity index is 1.37. The lowest BCUT2D eigenvalue weighted by Gasteiger charge is -2.32. The number of fused-ring (bicyclic) bond motifs is 2. The van der Waals surface area contributed by atoms with Gasteiger partial charge in [-0.3, -0.25) is 0 Å². The van der Waals surface area contributed by atoms with Crippen LogP contribution in [0.3, 0.4) is 0 Å². The van der Waals surface area contributed by atoms with Crippen molar-refractivity contribution in [2.24, 2.45) is 5.92 Å². The van der Waals surface area contributed by atoms with E-state index in [0.29, 0.717) is 0 Å². The van der Waals surface area contributed by atoms with Crippen LogP contribution in [0.1, 0.15) is 75.8 Å². The Morgan fingerprint density at radius 1 is 0.462 bits per heavy atom. The molecule has 8 rings (SSSR count). The zero-order valence-corrected chi connectivity index (χ0v) is 32.1. The van der Waals surface area contributed by atoms with E-state index >= 15 is 0 Å². The van der Waals surface area contributed by atoms with Crippen LogP contribution in [0.2, 0.25) is 0 Å². The lowest BCUT2D eigenvalue weighted by atomic mass is 9.72. The van der Waals surface area contributed by atoms with Gasteiger partial charge >= 0.3 is 0 Å². The maximum absolute atomic E-state index is 2.56. The maximum atomic E-state index is 2.56. The van der Waals surface area contributed by atoms with Crippen LogP contribution in [0.5, 0.6) is 0 Å². The van der Waals surface area contributed by atoms with E-state index in [2.05, 4.69) is 177 Å². The third-order valence-corrected chi connectivity index (χ3v) is 12.3. The topological polar surface area (TPSA) is 0 Å². The molecule has 1 unspecified atom stereocenters. The van der Waals surface area contributed by atoms with E-state index in [1.807, 2.05) is 0 Å². The van der Waals surface area contributed by atoms with Crippen molar-refractivity contribution in [3.05, 3.63) is 174 Å². The third kappa shape index (κ3) is 5.52. The molecule has 6 aromatic rings. The average molecular weight is 675 g/mol. The van der Waals surface area contributed by atoms with E-state index in [0.717, 1.165) is 12.8 Å². The predicted octanol–water partition coefficient (Wildman–Crippen LogP) is 10.6. The molecule has 52 heavy (non-hydrogen) atoms. The van der Waals surface area contributed by atoms with Crippen molar-refractivity contribution in [2.45, 2.75) is 74.1 Å². The summed E-state index contributed by atoms with van der Waals surface area (Å²) in [4.78, 5) is 0. The third-order valence-electron chi connectivity index (χ3n) is 12.3. The van der Waals surface area contributed by atoms with Crippen molar-refractivity contribution in [3.8, 4) is 33.4 Å². The summed E-state index contributed by atoms with van der Waals surface area (Å²) in [5, 5.41) is 5.49. The van der Waals surface area contributed by atoms with Crippen LogP contribution >= 0.6 is 0 Å². The SMILES string of the molecule is Cc1cccc(C)c1-c1cccc(-c2cc3c(c(C4=c5ccccc5=CC(c5cccc(-c6c(C)cccc6C)c5C)[C@H]4C)c2C)=CCCC=3)c1C. The molecule has 2 atom stereocenters. The Morgan fingerprint density at radius 2 is 1.02 bits per heavy atom. The molecular weight excluding hydrogens is 625 g/mol. The molecule has 0 amide bonds. The minimum atomic E-state index is 0.245. The second-order valence-corrected chi connectivity index (χ2v) is 15.4. The van der Waals surface area contributed by atoms with Gasteiger partial charge in [-0.15, -0.1) is 0 Å². The zero-order chi connectivity index (χ0) is 36.3. The zero-order valence-electron chi connectivity index (χ0n) is 32.1. The molecule has 0 bridgehead atoms. The second-order valence-electron chi connectivity index (χ2n) is 15.4. The Kier molecular flexibility index (Phi) is 8.75. The number of hydrogen-bond donors (Lipinski definition) is 0. The largest absolute Gasteiger partial charge is 0.0763 e. The summed E-state index contributed by atoms with van der Waals surface area (Å²) in [6.07, 6.45) is 9.71. The quantitative estimate of drug-likeness (QED) is 0.171. The first-order chi connectivity index (χ1) is 25.2. The van der Waals surface area contributed by atoms with Gasteiger partial charge in [0.2, 0.25) is 0 Å². The van der Waals surface area contributed by atoms with Gasteiger partial charge < -0.3 is 0 Å². The van der Waals surface area contributed by atoms with Crippen LogP contribution in [0.15, 0.2) is 103 Å². The van der Waals surface area contributed by atoms with Crippen molar-refractivity contribution in [3.63, 3.8) is 0 Å². The second kappa shape index (κ2) is 13.4. The van der Waals surface area contributed by atoms with Gasteiger partial charge in [0.15, 0.2) is 0 Å². The molecule has 0 spiro atoms. The molecular formula is C52H50. The van der Waals surface area contributed by atoms with E-state index in [4.69, 9.17) is 0 Å². The number of benzene rings is 6. The summed E-state index contributed by atoms with van der Waals surface area (Å²) in [7, 11) is 0. The molecule has 258 valence electrons. The van der Waals surface area contributed by atoms with Gasteiger partial charge in [-0.25, -0.2) is 0 Å². The molecule has 2 aliphatic carbocycles. The van der Waals surface area contributed by atoms with Gasteiger partial charge in [0.05, 0.1) is 0 Å². The van der Waals surface area contributed by atoms with Crippen molar-refractivity contribution in [2.75, 3.05) is 0 Å². The standard InChI is InChI=1S/C52H50/c1-31-17-13-18-32(2)49(31)43-27-15-25-41(35(43)5)47-29-39-21-9-11-23-45(39)51(37(47)7)52-38(8)48(30-40-22-10-12-24-46(40)52)42-26-16-28-44(36(42)6)50-33(3)19-14-20-34(50)4/h9,11,13-30,37,47H,10,12H2,1-8H3/t37-,47?/m1/s1. The first-order valence-corrected chi connectivity index (χ1v) is 19.1. The summed E-state index contributed by atoms with van der Waals surface area (Å²) in [5.41, 5.74) is 21.9. The molecule has 0 fully saturated rings. The molecule has 0 nitrogen and oxygen atoms in total. The van der Waals surface area contributed by atoms with E-state index in [-0.39, 0.29) is 11.8 Å². The summed E-state index contributed by atoms with van der Waals surface area (Å²) in [5.74, 6) is 0.520. The molecule has 0 radical (unpaired) electrons. The van der Waals surface area contributed by atoms with Crippen molar-refractivity contribution < 1.29 is 0 Å². The van der Waals surface area contributed by atoms with E-state index in [1.54, 1.807) is 0 Å². The van der Waals surface area contributed by atoms with E-state index < -0.39 is 0 Å². The lowest BCUT2D eigenvalue weighted by molar-refractivity contribution is 0.670. The normalized spacial score (nSPS) is 16.3. The molecule has 2 aliphatic rings. The summed E-state index contributed by atoms with van der Waals surface area (Å²) in [6.45, 7) is 18.5. The molecule has 6 aromatic carbocycles. The Hall–Kier alpha value is -5.20. The van der Waals surface area contributed by atoms with Gasteiger partial charge in [-0.1, -0.05) is 122 Å². The van der Waals surface area contributed by atoms with Crippen molar-refractivity contribution >= 4 is 23.8 Å². The van der Waals surface area contributed by atoms with Gasteiger partial charge in [0.25, 0.3) is 0 Å². The monoisotopic (exact) mass is 674 g/mol. The first-order valence-electron chi connectivity index (χ1n) is 19.1. The van der Waals surface area contributed by atoms with Crippen molar-refractivity contribution in [1.29, 1.82) is 0 Å². The van der Waals surface area contributed by atoms with Crippen molar-refractivity contribution in [1.82, 2.24) is 0 Å². The van der Waals surface area contributed by atoms with Gasteiger partial charge in [0, 0.05) is 5.92 Å². The fourth-order valence-electron chi connectivity index (χ4n) is 9.64. The fraction of sp³-hybridized carbons (Fsp3) is 0.231. The highest BCUT2D eigenvalue weighted by Crippen LogP contribution is 2.42. The molecule has 0 heterocycles.